The predicted octanol–water partition coefficient (Wildman–Crippen LogP) is 1.57. The second-order valence-electron chi connectivity index (χ2n) is 3.81. The van der Waals surface area contributed by atoms with E-state index in [9.17, 15) is 0 Å². The minimum Gasteiger partial charge on any atom is -0.381 e. The normalized spacial score (nSPS) is 18.3. The molecular weight excluding hydrogens is 258 g/mol. The van der Waals surface area contributed by atoms with Gasteiger partial charge in [-0.15, -0.1) is 0 Å². The summed E-state index contributed by atoms with van der Waals surface area (Å²) in [6.07, 6.45) is 2.95. The van der Waals surface area contributed by atoms with Crippen molar-refractivity contribution in [2.45, 2.75) is 25.2 Å². The molecule has 15 heavy (non-hydrogen) atoms. The summed E-state index contributed by atoms with van der Waals surface area (Å²) in [5, 5.41) is 0. The third-order valence-corrected chi connectivity index (χ3v) is 3.35. The lowest BCUT2D eigenvalue weighted by Gasteiger charge is -2.20. The van der Waals surface area contributed by atoms with E-state index in [-0.39, 0.29) is 0 Å². The van der Waals surface area contributed by atoms with Gasteiger partial charge in [-0.1, -0.05) is 0 Å². The van der Waals surface area contributed by atoms with E-state index in [0.29, 0.717) is 12.5 Å². The van der Waals surface area contributed by atoms with Crippen molar-refractivity contribution >= 4 is 15.9 Å². The zero-order valence-electron chi connectivity index (χ0n) is 8.63. The molecule has 3 N–H and O–H groups in total. The molecule has 0 atom stereocenters. The maximum Gasteiger partial charge on any atom is 0.127 e. The molecule has 0 radical (unpaired) electrons. The number of rotatable bonds is 3. The third kappa shape index (κ3) is 2.59. The minimum atomic E-state index is 0.548. The Kier molecular flexibility index (Phi) is 3.77. The number of imidazole rings is 1. The number of hydrogen-bond acceptors (Lipinski definition) is 3. The van der Waals surface area contributed by atoms with Crippen molar-refractivity contribution in [3.8, 4) is 0 Å². The smallest absolute Gasteiger partial charge is 0.127 e. The summed E-state index contributed by atoms with van der Waals surface area (Å²) in [7, 11) is 0. The zero-order valence-corrected chi connectivity index (χ0v) is 10.2. The summed E-state index contributed by atoms with van der Waals surface area (Å²) in [4.78, 5) is 7.77. The van der Waals surface area contributed by atoms with E-state index in [0.717, 1.165) is 42.9 Å². The number of ether oxygens (including phenoxy) is 1. The molecule has 0 aliphatic carbocycles. The highest BCUT2D eigenvalue weighted by molar-refractivity contribution is 9.10. The Morgan fingerprint density at radius 1 is 1.47 bits per heavy atom. The minimum absolute atomic E-state index is 0.548. The van der Waals surface area contributed by atoms with Gasteiger partial charge in [0.25, 0.3) is 0 Å². The highest BCUT2D eigenvalue weighted by Crippen LogP contribution is 2.30. The first-order valence-corrected chi connectivity index (χ1v) is 6.12. The average molecular weight is 274 g/mol. The van der Waals surface area contributed by atoms with Crippen LogP contribution in [-0.2, 0) is 11.2 Å². The standard InChI is InChI=1S/C10H16BrN3O/c11-10-9(7-2-5-15-6-3-7)13-8(14-10)1-4-12/h7H,1-6,12H2,(H,13,14). The lowest BCUT2D eigenvalue weighted by atomic mass is 9.97. The van der Waals surface area contributed by atoms with Crippen LogP contribution in [0.4, 0.5) is 0 Å². The second-order valence-corrected chi connectivity index (χ2v) is 4.56. The van der Waals surface area contributed by atoms with Gasteiger partial charge in [0, 0.05) is 25.6 Å². The molecule has 1 aliphatic heterocycles. The van der Waals surface area contributed by atoms with Crippen LogP contribution in [-0.4, -0.2) is 29.7 Å². The topological polar surface area (TPSA) is 63.9 Å². The van der Waals surface area contributed by atoms with Crippen LogP contribution in [0.5, 0.6) is 0 Å². The third-order valence-electron chi connectivity index (χ3n) is 2.75. The van der Waals surface area contributed by atoms with Crippen molar-refractivity contribution in [1.82, 2.24) is 9.97 Å². The molecule has 2 heterocycles. The van der Waals surface area contributed by atoms with E-state index >= 15 is 0 Å². The summed E-state index contributed by atoms with van der Waals surface area (Å²) in [5.74, 6) is 1.53. The van der Waals surface area contributed by atoms with Gasteiger partial charge in [-0.25, -0.2) is 4.98 Å². The summed E-state index contributed by atoms with van der Waals surface area (Å²) in [5.41, 5.74) is 6.71. The maximum atomic E-state index is 5.50. The van der Waals surface area contributed by atoms with E-state index < -0.39 is 0 Å². The van der Waals surface area contributed by atoms with Crippen molar-refractivity contribution in [2.75, 3.05) is 19.8 Å². The molecule has 1 aliphatic rings. The first-order chi connectivity index (χ1) is 7.31. The predicted molar refractivity (Wildman–Crippen MR) is 61.8 cm³/mol. The van der Waals surface area contributed by atoms with Gasteiger partial charge >= 0.3 is 0 Å². The molecule has 2 rings (SSSR count). The van der Waals surface area contributed by atoms with Crippen LogP contribution >= 0.6 is 15.9 Å². The zero-order chi connectivity index (χ0) is 10.7. The first-order valence-electron chi connectivity index (χ1n) is 5.33. The molecule has 1 aromatic heterocycles. The van der Waals surface area contributed by atoms with Crippen LogP contribution < -0.4 is 5.73 Å². The molecule has 0 amide bonds. The lowest BCUT2D eigenvalue weighted by Crippen LogP contribution is -2.14. The van der Waals surface area contributed by atoms with Crippen LogP contribution in [0.25, 0.3) is 0 Å². The van der Waals surface area contributed by atoms with Gasteiger partial charge < -0.3 is 15.5 Å². The average Bonchev–Trinajstić information content (AvgIpc) is 2.61. The number of aromatic nitrogens is 2. The van der Waals surface area contributed by atoms with Crippen molar-refractivity contribution in [3.63, 3.8) is 0 Å². The molecule has 0 saturated carbocycles. The van der Waals surface area contributed by atoms with E-state index in [2.05, 4.69) is 25.9 Å². The molecule has 0 bridgehead atoms. The van der Waals surface area contributed by atoms with Gasteiger partial charge in [0.2, 0.25) is 0 Å². The largest absolute Gasteiger partial charge is 0.381 e. The van der Waals surface area contributed by atoms with Crippen molar-refractivity contribution in [3.05, 3.63) is 16.1 Å². The Balaban J connectivity index is 2.11. The summed E-state index contributed by atoms with van der Waals surface area (Å²) >= 11 is 3.50. The quantitative estimate of drug-likeness (QED) is 0.879. The van der Waals surface area contributed by atoms with Crippen molar-refractivity contribution in [1.29, 1.82) is 0 Å². The van der Waals surface area contributed by atoms with Gasteiger partial charge in [0.15, 0.2) is 0 Å². The number of nitrogens with zero attached hydrogens (tertiary/aromatic N) is 1. The number of halogens is 1. The molecule has 0 unspecified atom stereocenters. The Morgan fingerprint density at radius 2 is 2.20 bits per heavy atom. The Bertz CT molecular complexity index is 320. The lowest BCUT2D eigenvalue weighted by molar-refractivity contribution is 0.0844. The summed E-state index contributed by atoms with van der Waals surface area (Å²) in [6, 6.07) is 0. The molecule has 0 aromatic carbocycles. The SMILES string of the molecule is NCCc1nc(Br)c(C2CCOCC2)[nH]1. The van der Waals surface area contributed by atoms with Gasteiger partial charge in [-0.05, 0) is 35.3 Å². The fourth-order valence-electron chi connectivity index (χ4n) is 1.93. The number of aromatic amines is 1. The van der Waals surface area contributed by atoms with E-state index in [1.807, 2.05) is 0 Å². The Morgan fingerprint density at radius 3 is 2.87 bits per heavy atom. The first kappa shape index (κ1) is 11.1. The molecule has 84 valence electrons. The Hall–Kier alpha value is -0.390. The van der Waals surface area contributed by atoms with Crippen molar-refractivity contribution in [2.24, 2.45) is 5.73 Å². The van der Waals surface area contributed by atoms with Gasteiger partial charge in [0.05, 0.1) is 5.69 Å². The number of nitrogens with two attached hydrogens (primary N) is 1. The van der Waals surface area contributed by atoms with Crippen LogP contribution in [0, 0.1) is 0 Å². The van der Waals surface area contributed by atoms with E-state index in [4.69, 9.17) is 10.5 Å². The number of H-pyrrole nitrogens is 1. The highest BCUT2D eigenvalue weighted by Gasteiger charge is 2.21. The number of hydrogen-bond donors (Lipinski definition) is 2. The fraction of sp³-hybridized carbons (Fsp3) is 0.700. The highest BCUT2D eigenvalue weighted by atomic mass is 79.9. The van der Waals surface area contributed by atoms with Gasteiger partial charge in [-0.2, -0.15) is 0 Å². The van der Waals surface area contributed by atoms with Crippen molar-refractivity contribution < 1.29 is 4.74 Å². The second kappa shape index (κ2) is 5.09. The van der Waals surface area contributed by atoms with Gasteiger partial charge in [-0.3, -0.25) is 0 Å². The van der Waals surface area contributed by atoms with E-state index in [1.165, 1.54) is 5.69 Å². The molecule has 5 heteroatoms. The molecular formula is C10H16BrN3O. The molecule has 1 saturated heterocycles. The van der Waals surface area contributed by atoms with Crippen LogP contribution in [0.15, 0.2) is 4.60 Å². The van der Waals surface area contributed by atoms with E-state index in [1.54, 1.807) is 0 Å². The summed E-state index contributed by atoms with van der Waals surface area (Å²) < 4.78 is 6.29. The maximum absolute atomic E-state index is 5.50. The monoisotopic (exact) mass is 273 g/mol. The summed E-state index contributed by atoms with van der Waals surface area (Å²) in [6.45, 7) is 2.33. The van der Waals surface area contributed by atoms with Crippen LogP contribution in [0.3, 0.4) is 0 Å². The molecule has 0 spiro atoms. The molecule has 4 nitrogen and oxygen atoms in total. The van der Waals surface area contributed by atoms with Crippen LogP contribution in [0.1, 0.15) is 30.3 Å². The Labute approximate surface area is 97.7 Å². The van der Waals surface area contributed by atoms with Gasteiger partial charge in [0.1, 0.15) is 10.4 Å². The van der Waals surface area contributed by atoms with Crippen LogP contribution in [0.2, 0.25) is 0 Å². The fourth-order valence-corrected chi connectivity index (χ4v) is 2.56. The molecule has 1 aromatic rings. The number of nitrogens with one attached hydrogen (secondary N) is 1. The molecule has 1 fully saturated rings.